The second-order valence-electron chi connectivity index (χ2n) is 8.75. The van der Waals surface area contributed by atoms with E-state index in [1.54, 1.807) is 0 Å². The SMILES string of the molecule is O=C(O)CC1CCCN1C(=O)c1conc1CNC(=O)OCC1c2ccccc2-c2ccccc21. The van der Waals surface area contributed by atoms with Gasteiger partial charge in [0.05, 0.1) is 13.0 Å². The highest BCUT2D eigenvalue weighted by molar-refractivity contribution is 5.95. The van der Waals surface area contributed by atoms with Gasteiger partial charge in [0.25, 0.3) is 5.91 Å². The van der Waals surface area contributed by atoms with Crippen LogP contribution >= 0.6 is 0 Å². The topological polar surface area (TPSA) is 122 Å². The van der Waals surface area contributed by atoms with Crippen LogP contribution in [0.5, 0.6) is 0 Å². The van der Waals surface area contributed by atoms with Crippen molar-refractivity contribution < 1.29 is 28.8 Å². The molecule has 1 aromatic heterocycles. The van der Waals surface area contributed by atoms with Gasteiger partial charge in [-0.3, -0.25) is 9.59 Å². The molecule has 5 rings (SSSR count). The maximum atomic E-state index is 13.0. The number of hydrogen-bond donors (Lipinski definition) is 2. The number of nitrogens with one attached hydrogen (secondary N) is 1. The fourth-order valence-electron chi connectivity index (χ4n) is 5.04. The van der Waals surface area contributed by atoms with Gasteiger partial charge in [-0.1, -0.05) is 53.7 Å². The van der Waals surface area contributed by atoms with Crippen LogP contribution < -0.4 is 5.32 Å². The summed E-state index contributed by atoms with van der Waals surface area (Å²) in [7, 11) is 0. The number of amides is 2. The molecular formula is C26H25N3O6. The molecule has 9 nitrogen and oxygen atoms in total. The Kier molecular flexibility index (Phi) is 6.22. The Balaban J connectivity index is 1.20. The summed E-state index contributed by atoms with van der Waals surface area (Å²) >= 11 is 0. The molecular weight excluding hydrogens is 450 g/mol. The first-order valence-corrected chi connectivity index (χ1v) is 11.6. The fourth-order valence-corrected chi connectivity index (χ4v) is 5.04. The summed E-state index contributed by atoms with van der Waals surface area (Å²) in [5.41, 5.74) is 5.00. The molecule has 0 radical (unpaired) electrons. The second-order valence-corrected chi connectivity index (χ2v) is 8.75. The molecule has 2 aromatic carbocycles. The van der Waals surface area contributed by atoms with Crippen LogP contribution in [0.15, 0.2) is 59.3 Å². The van der Waals surface area contributed by atoms with Crippen molar-refractivity contribution in [1.82, 2.24) is 15.4 Å². The van der Waals surface area contributed by atoms with Gasteiger partial charge < -0.3 is 24.6 Å². The number of benzene rings is 2. The number of alkyl carbamates (subject to hydrolysis) is 1. The van der Waals surface area contributed by atoms with Crippen molar-refractivity contribution in [2.24, 2.45) is 0 Å². The Morgan fingerprint density at radius 2 is 1.77 bits per heavy atom. The molecule has 0 spiro atoms. The third-order valence-electron chi connectivity index (χ3n) is 6.67. The van der Waals surface area contributed by atoms with E-state index in [2.05, 4.69) is 22.6 Å². The van der Waals surface area contributed by atoms with E-state index < -0.39 is 12.1 Å². The van der Waals surface area contributed by atoms with Crippen molar-refractivity contribution in [2.45, 2.75) is 37.8 Å². The summed E-state index contributed by atoms with van der Waals surface area (Å²) in [4.78, 5) is 38.1. The van der Waals surface area contributed by atoms with Crippen LogP contribution in [0.2, 0.25) is 0 Å². The van der Waals surface area contributed by atoms with Crippen molar-refractivity contribution in [3.8, 4) is 11.1 Å². The quantitative estimate of drug-likeness (QED) is 0.533. The van der Waals surface area contributed by atoms with E-state index in [1.807, 2.05) is 36.4 Å². The van der Waals surface area contributed by atoms with Gasteiger partial charge in [0.2, 0.25) is 0 Å². The normalized spacial score (nSPS) is 16.6. The van der Waals surface area contributed by atoms with Gasteiger partial charge in [-0.05, 0) is 35.1 Å². The molecule has 0 bridgehead atoms. The lowest BCUT2D eigenvalue weighted by molar-refractivity contribution is -0.137. The number of rotatable bonds is 7. The molecule has 1 aliphatic carbocycles. The number of likely N-dealkylation sites (tertiary alicyclic amines) is 1. The lowest BCUT2D eigenvalue weighted by atomic mass is 9.98. The molecule has 1 atom stereocenters. The molecule has 1 unspecified atom stereocenters. The molecule has 1 saturated heterocycles. The first kappa shape index (κ1) is 22.6. The minimum Gasteiger partial charge on any atom is -0.481 e. The Hall–Kier alpha value is -4.14. The number of fused-ring (bicyclic) bond motifs is 3. The highest BCUT2D eigenvalue weighted by Gasteiger charge is 2.33. The van der Waals surface area contributed by atoms with Gasteiger partial charge in [-0.2, -0.15) is 0 Å². The number of carbonyl (C=O) groups is 3. The first-order valence-electron chi connectivity index (χ1n) is 11.6. The Bertz CT molecular complexity index is 1220. The Labute approximate surface area is 201 Å². The summed E-state index contributed by atoms with van der Waals surface area (Å²) < 4.78 is 10.5. The van der Waals surface area contributed by atoms with Crippen LogP contribution in [0.25, 0.3) is 11.1 Å². The van der Waals surface area contributed by atoms with Crippen LogP contribution in [0.3, 0.4) is 0 Å². The van der Waals surface area contributed by atoms with E-state index in [-0.39, 0.29) is 48.7 Å². The third-order valence-corrected chi connectivity index (χ3v) is 6.67. The molecule has 2 amide bonds. The van der Waals surface area contributed by atoms with Gasteiger partial charge in [0.15, 0.2) is 0 Å². The van der Waals surface area contributed by atoms with E-state index in [0.717, 1.165) is 28.7 Å². The number of carboxylic acid groups (broad SMARTS) is 1. The zero-order chi connectivity index (χ0) is 24.4. The lowest BCUT2D eigenvalue weighted by Gasteiger charge is -2.23. The molecule has 2 heterocycles. The molecule has 9 heteroatoms. The Morgan fingerprint density at radius 1 is 1.09 bits per heavy atom. The second kappa shape index (κ2) is 9.61. The number of carbonyl (C=O) groups excluding carboxylic acids is 2. The predicted molar refractivity (Wildman–Crippen MR) is 125 cm³/mol. The minimum atomic E-state index is -0.947. The van der Waals surface area contributed by atoms with E-state index in [1.165, 1.54) is 11.2 Å². The van der Waals surface area contributed by atoms with Gasteiger partial charge >= 0.3 is 12.1 Å². The standard InChI is InChI=1S/C26H25N3O6/c30-24(31)12-16-6-5-11-29(16)25(32)22-15-35-28-23(22)13-27-26(33)34-14-21-19-9-3-1-7-17(19)18-8-2-4-10-20(18)21/h1-4,7-10,15-16,21H,5-6,11-14H2,(H,27,33)(H,30,31). The summed E-state index contributed by atoms with van der Waals surface area (Å²) in [6.45, 7) is 0.599. The first-order chi connectivity index (χ1) is 17.0. The van der Waals surface area contributed by atoms with Crippen LogP contribution in [0.4, 0.5) is 4.79 Å². The zero-order valence-corrected chi connectivity index (χ0v) is 19.0. The molecule has 180 valence electrons. The number of ether oxygens (including phenoxy) is 1. The molecule has 35 heavy (non-hydrogen) atoms. The minimum absolute atomic E-state index is 0.0499. The van der Waals surface area contributed by atoms with Gasteiger partial charge in [-0.25, -0.2) is 4.79 Å². The smallest absolute Gasteiger partial charge is 0.407 e. The van der Waals surface area contributed by atoms with Crippen LogP contribution in [0, 0.1) is 0 Å². The average molecular weight is 476 g/mol. The number of aromatic nitrogens is 1. The largest absolute Gasteiger partial charge is 0.481 e. The van der Waals surface area contributed by atoms with Crippen LogP contribution in [0.1, 0.15) is 52.4 Å². The summed E-state index contributed by atoms with van der Waals surface area (Å²) in [6, 6.07) is 15.8. The van der Waals surface area contributed by atoms with Crippen molar-refractivity contribution in [1.29, 1.82) is 0 Å². The molecule has 1 aliphatic heterocycles. The lowest BCUT2D eigenvalue weighted by Crippen LogP contribution is -2.37. The zero-order valence-electron chi connectivity index (χ0n) is 19.0. The maximum Gasteiger partial charge on any atom is 0.407 e. The number of carboxylic acids is 1. The van der Waals surface area contributed by atoms with Crippen molar-refractivity contribution >= 4 is 18.0 Å². The van der Waals surface area contributed by atoms with Crippen molar-refractivity contribution in [3.05, 3.63) is 77.2 Å². The highest BCUT2D eigenvalue weighted by Crippen LogP contribution is 2.44. The molecule has 2 aliphatic rings. The molecule has 3 aromatic rings. The van der Waals surface area contributed by atoms with Crippen LogP contribution in [-0.2, 0) is 16.1 Å². The maximum absolute atomic E-state index is 13.0. The number of nitrogens with zero attached hydrogens (tertiary/aromatic N) is 2. The fraction of sp³-hybridized carbons (Fsp3) is 0.308. The average Bonchev–Trinajstić information content (AvgIpc) is 3.58. The molecule has 2 N–H and O–H groups in total. The summed E-state index contributed by atoms with van der Waals surface area (Å²) in [6.07, 6.45) is 1.87. The third kappa shape index (κ3) is 4.49. The summed E-state index contributed by atoms with van der Waals surface area (Å²) in [5.74, 6) is -1.35. The summed E-state index contributed by atoms with van der Waals surface area (Å²) in [5, 5.41) is 15.6. The van der Waals surface area contributed by atoms with Gasteiger partial charge in [0.1, 0.15) is 24.1 Å². The highest BCUT2D eigenvalue weighted by atomic mass is 16.5. The van der Waals surface area contributed by atoms with Crippen molar-refractivity contribution in [3.63, 3.8) is 0 Å². The van der Waals surface area contributed by atoms with Gasteiger partial charge in [0, 0.05) is 18.5 Å². The predicted octanol–water partition coefficient (Wildman–Crippen LogP) is 3.79. The number of hydrogen-bond acceptors (Lipinski definition) is 6. The van der Waals surface area contributed by atoms with Crippen molar-refractivity contribution in [2.75, 3.05) is 13.2 Å². The van der Waals surface area contributed by atoms with E-state index >= 15 is 0 Å². The van der Waals surface area contributed by atoms with E-state index in [4.69, 9.17) is 14.4 Å². The monoisotopic (exact) mass is 475 g/mol. The van der Waals surface area contributed by atoms with Gasteiger partial charge in [-0.15, -0.1) is 0 Å². The molecule has 1 fully saturated rings. The Morgan fingerprint density at radius 3 is 2.46 bits per heavy atom. The van der Waals surface area contributed by atoms with E-state index in [9.17, 15) is 14.4 Å². The van der Waals surface area contributed by atoms with Crippen LogP contribution in [-0.4, -0.2) is 52.3 Å². The molecule has 0 saturated carbocycles. The van der Waals surface area contributed by atoms with E-state index in [0.29, 0.717) is 13.0 Å². The number of aliphatic carboxylic acids is 1.